The van der Waals surface area contributed by atoms with Crippen molar-refractivity contribution in [3.05, 3.63) is 60.4 Å². The van der Waals surface area contributed by atoms with Crippen LogP contribution in [0.3, 0.4) is 0 Å². The molecule has 0 saturated heterocycles. The highest BCUT2D eigenvalue weighted by atomic mass is 32.2. The Hall–Kier alpha value is -2.11. The first-order valence-electron chi connectivity index (χ1n) is 6.29. The first kappa shape index (κ1) is 12.9. The maximum absolute atomic E-state index is 5.95. The average molecular weight is 282 g/mol. The van der Waals surface area contributed by atoms with Crippen LogP contribution < -0.4 is 10.5 Å². The van der Waals surface area contributed by atoms with Gasteiger partial charge in [-0.05, 0) is 36.2 Å². The van der Waals surface area contributed by atoms with E-state index in [9.17, 15) is 0 Å². The Labute approximate surface area is 121 Å². The molecule has 20 heavy (non-hydrogen) atoms. The number of hydrogen-bond donors (Lipinski definition) is 2. The Morgan fingerprint density at radius 3 is 2.55 bits per heavy atom. The summed E-state index contributed by atoms with van der Waals surface area (Å²) < 4.78 is 3.25. The van der Waals surface area contributed by atoms with E-state index in [0.29, 0.717) is 18.2 Å². The van der Waals surface area contributed by atoms with Gasteiger partial charge in [0.05, 0.1) is 12.1 Å². The van der Waals surface area contributed by atoms with Crippen molar-refractivity contribution in [1.82, 2.24) is 14.7 Å². The Kier molecular flexibility index (Phi) is 3.80. The standard InChI is InChI=1S/C15H14N4S/c16-15-12-8-4-5-9-13(12)18-14(19-15)10-17-20-11-6-2-1-3-7-11/h1-9,17H,10H2,(H2,16,18,19). The number of hydrogen-bond acceptors (Lipinski definition) is 5. The molecule has 0 saturated carbocycles. The van der Waals surface area contributed by atoms with E-state index < -0.39 is 0 Å². The lowest BCUT2D eigenvalue weighted by Gasteiger charge is -2.06. The van der Waals surface area contributed by atoms with Gasteiger partial charge in [-0.2, -0.15) is 0 Å². The van der Waals surface area contributed by atoms with Crippen molar-refractivity contribution in [3.8, 4) is 0 Å². The van der Waals surface area contributed by atoms with E-state index >= 15 is 0 Å². The van der Waals surface area contributed by atoms with Gasteiger partial charge < -0.3 is 5.73 Å². The molecule has 0 unspecified atom stereocenters. The zero-order chi connectivity index (χ0) is 13.8. The second-order valence-corrected chi connectivity index (χ2v) is 5.24. The number of para-hydroxylation sites is 1. The molecule has 0 fully saturated rings. The fourth-order valence-electron chi connectivity index (χ4n) is 1.90. The van der Waals surface area contributed by atoms with Crippen LogP contribution in [-0.2, 0) is 6.54 Å². The van der Waals surface area contributed by atoms with E-state index in [1.54, 1.807) is 11.9 Å². The predicted octanol–water partition coefficient (Wildman–Crippen LogP) is 3.01. The van der Waals surface area contributed by atoms with Crippen molar-refractivity contribution in [3.63, 3.8) is 0 Å². The van der Waals surface area contributed by atoms with Gasteiger partial charge in [-0.15, -0.1) is 0 Å². The quantitative estimate of drug-likeness (QED) is 0.720. The van der Waals surface area contributed by atoms with Gasteiger partial charge >= 0.3 is 0 Å². The summed E-state index contributed by atoms with van der Waals surface area (Å²) in [6, 6.07) is 17.9. The van der Waals surface area contributed by atoms with Crippen LogP contribution in [0.15, 0.2) is 59.5 Å². The lowest BCUT2D eigenvalue weighted by atomic mass is 10.2. The summed E-state index contributed by atoms with van der Waals surface area (Å²) in [5.41, 5.74) is 6.83. The maximum Gasteiger partial charge on any atom is 0.146 e. The second-order valence-electron chi connectivity index (χ2n) is 4.28. The van der Waals surface area contributed by atoms with E-state index in [1.165, 1.54) is 0 Å². The first-order chi connectivity index (χ1) is 9.83. The van der Waals surface area contributed by atoms with E-state index in [2.05, 4.69) is 14.7 Å². The minimum Gasteiger partial charge on any atom is -0.383 e. The molecule has 0 radical (unpaired) electrons. The second kappa shape index (κ2) is 5.90. The highest BCUT2D eigenvalue weighted by molar-refractivity contribution is 7.97. The predicted molar refractivity (Wildman–Crippen MR) is 83.1 cm³/mol. The molecule has 0 aliphatic carbocycles. The lowest BCUT2D eigenvalue weighted by molar-refractivity contribution is 0.875. The van der Waals surface area contributed by atoms with Crippen LogP contribution in [0.2, 0.25) is 0 Å². The van der Waals surface area contributed by atoms with Crippen molar-refractivity contribution < 1.29 is 0 Å². The average Bonchev–Trinajstić information content (AvgIpc) is 2.48. The molecule has 0 spiro atoms. The number of nitrogens with zero attached hydrogens (tertiary/aromatic N) is 2. The molecule has 3 N–H and O–H groups in total. The molecule has 0 amide bonds. The van der Waals surface area contributed by atoms with Crippen molar-refractivity contribution in [2.75, 3.05) is 5.73 Å². The summed E-state index contributed by atoms with van der Waals surface area (Å²) in [6.45, 7) is 0.564. The van der Waals surface area contributed by atoms with E-state index in [1.807, 2.05) is 54.6 Å². The highest BCUT2D eigenvalue weighted by Gasteiger charge is 2.04. The van der Waals surface area contributed by atoms with Gasteiger partial charge in [-0.25, -0.2) is 9.97 Å². The fourth-order valence-corrected chi connectivity index (χ4v) is 2.56. The Morgan fingerprint density at radius 1 is 0.950 bits per heavy atom. The number of nitrogens with two attached hydrogens (primary N) is 1. The van der Waals surface area contributed by atoms with Crippen molar-refractivity contribution in [1.29, 1.82) is 0 Å². The van der Waals surface area contributed by atoms with Gasteiger partial charge in [-0.1, -0.05) is 30.3 Å². The Bertz CT molecular complexity index is 715. The molecule has 1 aromatic heterocycles. The number of nitrogen functional groups attached to an aromatic ring is 1. The molecule has 0 aliphatic rings. The van der Waals surface area contributed by atoms with Crippen molar-refractivity contribution in [2.24, 2.45) is 0 Å². The number of aromatic nitrogens is 2. The number of fused-ring (bicyclic) bond motifs is 1. The van der Waals surface area contributed by atoms with Crippen LogP contribution >= 0.6 is 11.9 Å². The Morgan fingerprint density at radius 2 is 1.70 bits per heavy atom. The van der Waals surface area contributed by atoms with Crippen molar-refractivity contribution in [2.45, 2.75) is 11.4 Å². The molecule has 3 aromatic rings. The smallest absolute Gasteiger partial charge is 0.146 e. The normalized spacial score (nSPS) is 10.8. The van der Waals surface area contributed by atoms with Crippen LogP contribution in [0.5, 0.6) is 0 Å². The molecule has 3 rings (SSSR count). The first-order valence-corrected chi connectivity index (χ1v) is 7.10. The summed E-state index contributed by atoms with van der Waals surface area (Å²) in [5, 5.41) is 0.895. The molecular formula is C15H14N4S. The van der Waals surface area contributed by atoms with E-state index in [-0.39, 0.29) is 0 Å². The molecule has 1 heterocycles. The minimum atomic E-state index is 0.525. The maximum atomic E-state index is 5.95. The van der Waals surface area contributed by atoms with Gasteiger partial charge in [0.25, 0.3) is 0 Å². The monoisotopic (exact) mass is 282 g/mol. The van der Waals surface area contributed by atoms with Crippen LogP contribution in [0.1, 0.15) is 5.82 Å². The third-order valence-electron chi connectivity index (χ3n) is 2.84. The summed E-state index contributed by atoms with van der Waals surface area (Å²) in [5.74, 6) is 1.22. The summed E-state index contributed by atoms with van der Waals surface area (Å²) in [6.07, 6.45) is 0. The van der Waals surface area contributed by atoms with Crippen LogP contribution in [0.4, 0.5) is 5.82 Å². The largest absolute Gasteiger partial charge is 0.383 e. The summed E-state index contributed by atoms with van der Waals surface area (Å²) in [7, 11) is 0. The van der Waals surface area contributed by atoms with E-state index in [4.69, 9.17) is 5.73 Å². The number of anilines is 1. The van der Waals surface area contributed by atoms with E-state index in [0.717, 1.165) is 15.8 Å². The van der Waals surface area contributed by atoms with Crippen LogP contribution in [-0.4, -0.2) is 9.97 Å². The highest BCUT2D eigenvalue weighted by Crippen LogP contribution is 2.18. The van der Waals surface area contributed by atoms with Gasteiger partial charge in [0.1, 0.15) is 11.6 Å². The number of rotatable bonds is 4. The molecule has 0 aliphatic heterocycles. The molecule has 100 valence electrons. The lowest BCUT2D eigenvalue weighted by Crippen LogP contribution is -2.09. The zero-order valence-corrected chi connectivity index (χ0v) is 11.6. The Balaban J connectivity index is 1.72. The van der Waals surface area contributed by atoms with Crippen molar-refractivity contribution >= 4 is 28.7 Å². The fraction of sp³-hybridized carbons (Fsp3) is 0.0667. The van der Waals surface area contributed by atoms with Gasteiger partial charge in [-0.3, -0.25) is 4.72 Å². The van der Waals surface area contributed by atoms with Gasteiger partial charge in [0.2, 0.25) is 0 Å². The third kappa shape index (κ3) is 2.89. The zero-order valence-electron chi connectivity index (χ0n) is 10.8. The molecule has 2 aromatic carbocycles. The SMILES string of the molecule is Nc1nc(CNSc2ccccc2)nc2ccccc12. The number of nitrogens with one attached hydrogen (secondary N) is 1. The van der Waals surface area contributed by atoms with Crippen LogP contribution in [0.25, 0.3) is 10.9 Å². The van der Waals surface area contributed by atoms with Gasteiger partial charge in [0, 0.05) is 10.3 Å². The minimum absolute atomic E-state index is 0.525. The molecule has 0 bridgehead atoms. The molecule has 4 nitrogen and oxygen atoms in total. The molecule has 5 heteroatoms. The summed E-state index contributed by atoms with van der Waals surface area (Å²) in [4.78, 5) is 9.98. The molecular weight excluding hydrogens is 268 g/mol. The third-order valence-corrected chi connectivity index (χ3v) is 3.64. The number of benzene rings is 2. The van der Waals surface area contributed by atoms with Gasteiger partial charge in [0.15, 0.2) is 0 Å². The topological polar surface area (TPSA) is 63.8 Å². The van der Waals surface area contributed by atoms with Crippen LogP contribution in [0, 0.1) is 0 Å². The molecule has 0 atom stereocenters. The summed E-state index contributed by atoms with van der Waals surface area (Å²) >= 11 is 1.56.